The van der Waals surface area contributed by atoms with E-state index in [0.717, 1.165) is 53.9 Å². The molecular formula is C26H29N5O2. The van der Waals surface area contributed by atoms with Gasteiger partial charge in [0.15, 0.2) is 11.6 Å². The second-order valence-electron chi connectivity index (χ2n) is 9.09. The third-order valence-electron chi connectivity index (χ3n) is 6.93. The quantitative estimate of drug-likeness (QED) is 0.659. The standard InChI is InChI=1S/C26H29N5O2/c1-16-31(2)24-13-19(9-10-25(24)33-16)18-7-5-17(6-8-18)12-20(15-27)29-26(32)23-14-22-21(30-23)4-3-11-28-22/h5-10,13,20-23,28,30H,1,3-4,11-12,14H2,2H3,(H,29,32)/t20-,21?,22?,23?/m0/s1. The van der Waals surface area contributed by atoms with Crippen molar-refractivity contribution in [1.29, 1.82) is 5.26 Å². The number of ether oxygens (including phenoxy) is 1. The maximum atomic E-state index is 12.8. The van der Waals surface area contributed by atoms with Crippen molar-refractivity contribution in [3.05, 3.63) is 60.5 Å². The third-order valence-corrected chi connectivity index (χ3v) is 6.93. The molecule has 2 aromatic carbocycles. The number of rotatable bonds is 5. The van der Waals surface area contributed by atoms with Crippen LogP contribution in [0.4, 0.5) is 5.69 Å². The summed E-state index contributed by atoms with van der Waals surface area (Å²) in [6, 6.07) is 16.4. The van der Waals surface area contributed by atoms with Crippen molar-refractivity contribution in [1.82, 2.24) is 16.0 Å². The number of anilines is 1. The first-order valence-corrected chi connectivity index (χ1v) is 11.5. The van der Waals surface area contributed by atoms with Crippen LogP contribution in [0.2, 0.25) is 0 Å². The van der Waals surface area contributed by atoms with E-state index in [-0.39, 0.29) is 11.9 Å². The van der Waals surface area contributed by atoms with Gasteiger partial charge < -0.3 is 25.6 Å². The molecule has 2 saturated heterocycles. The van der Waals surface area contributed by atoms with Crippen molar-refractivity contribution in [3.8, 4) is 22.9 Å². The van der Waals surface area contributed by atoms with Crippen LogP contribution in [-0.4, -0.2) is 43.7 Å². The summed E-state index contributed by atoms with van der Waals surface area (Å²) in [6.07, 6.45) is 3.47. The summed E-state index contributed by atoms with van der Waals surface area (Å²) in [4.78, 5) is 14.7. The second-order valence-corrected chi connectivity index (χ2v) is 9.09. The van der Waals surface area contributed by atoms with Crippen LogP contribution in [0.3, 0.4) is 0 Å². The lowest BCUT2D eigenvalue weighted by Gasteiger charge is -2.25. The molecule has 2 fully saturated rings. The highest BCUT2D eigenvalue weighted by Gasteiger charge is 2.38. The number of carbonyl (C=O) groups excluding carboxylic acids is 1. The van der Waals surface area contributed by atoms with Crippen molar-refractivity contribution in [2.75, 3.05) is 18.5 Å². The molecule has 5 rings (SSSR count). The molecule has 1 amide bonds. The SMILES string of the molecule is C=C1Oc2ccc(-c3ccc(C[C@@H](C#N)NC(=O)C4CC5NCCCC5N4)cc3)cc2N1C. The van der Waals surface area contributed by atoms with Gasteiger partial charge in [-0.1, -0.05) is 30.3 Å². The van der Waals surface area contributed by atoms with Gasteiger partial charge in [-0.15, -0.1) is 0 Å². The molecule has 3 N–H and O–H groups in total. The largest absolute Gasteiger partial charge is 0.439 e. The first-order valence-electron chi connectivity index (χ1n) is 11.5. The third kappa shape index (κ3) is 4.32. The normalized spacial score (nSPS) is 24.4. The van der Waals surface area contributed by atoms with Gasteiger partial charge in [-0.25, -0.2) is 0 Å². The van der Waals surface area contributed by atoms with Gasteiger partial charge in [0.1, 0.15) is 6.04 Å². The molecule has 33 heavy (non-hydrogen) atoms. The number of nitriles is 1. The van der Waals surface area contributed by atoms with E-state index in [1.54, 1.807) is 0 Å². The first-order chi connectivity index (χ1) is 16.0. The molecule has 3 aliphatic heterocycles. The highest BCUT2D eigenvalue weighted by atomic mass is 16.5. The number of carbonyl (C=O) groups is 1. The molecule has 0 saturated carbocycles. The van der Waals surface area contributed by atoms with E-state index in [1.165, 1.54) is 0 Å². The van der Waals surface area contributed by atoms with Crippen LogP contribution >= 0.6 is 0 Å². The Bertz CT molecular complexity index is 1090. The Morgan fingerprint density at radius 3 is 2.82 bits per heavy atom. The number of hydrogen-bond donors (Lipinski definition) is 3. The Morgan fingerprint density at radius 1 is 1.27 bits per heavy atom. The summed E-state index contributed by atoms with van der Waals surface area (Å²) in [5.74, 6) is 1.34. The van der Waals surface area contributed by atoms with Crippen molar-refractivity contribution < 1.29 is 9.53 Å². The summed E-state index contributed by atoms with van der Waals surface area (Å²) in [5, 5.41) is 19.5. The fraction of sp³-hybridized carbons (Fsp3) is 0.385. The number of fused-ring (bicyclic) bond motifs is 2. The minimum absolute atomic E-state index is 0.0829. The lowest BCUT2D eigenvalue weighted by molar-refractivity contribution is -0.123. The van der Waals surface area contributed by atoms with E-state index in [1.807, 2.05) is 48.3 Å². The van der Waals surface area contributed by atoms with Crippen LogP contribution < -0.4 is 25.6 Å². The zero-order valence-corrected chi connectivity index (χ0v) is 18.8. The van der Waals surface area contributed by atoms with Gasteiger partial charge in [0.2, 0.25) is 5.91 Å². The van der Waals surface area contributed by atoms with E-state index >= 15 is 0 Å². The smallest absolute Gasteiger partial charge is 0.238 e. The molecule has 0 aromatic heterocycles. The average molecular weight is 444 g/mol. The Balaban J connectivity index is 1.21. The number of hydrogen-bond acceptors (Lipinski definition) is 6. The summed E-state index contributed by atoms with van der Waals surface area (Å²) < 4.78 is 5.64. The summed E-state index contributed by atoms with van der Waals surface area (Å²) >= 11 is 0. The summed E-state index contributed by atoms with van der Waals surface area (Å²) in [6.45, 7) is 4.92. The molecule has 3 unspecified atom stereocenters. The maximum absolute atomic E-state index is 12.8. The Labute approximate surface area is 194 Å². The van der Waals surface area contributed by atoms with Gasteiger partial charge in [0, 0.05) is 25.6 Å². The minimum atomic E-state index is -0.558. The Kier molecular flexibility index (Phi) is 5.79. The number of amides is 1. The van der Waals surface area contributed by atoms with Crippen molar-refractivity contribution >= 4 is 11.6 Å². The molecule has 170 valence electrons. The van der Waals surface area contributed by atoms with E-state index in [2.05, 4.69) is 34.7 Å². The molecule has 2 aromatic rings. The predicted octanol–water partition coefficient (Wildman–Crippen LogP) is 2.69. The summed E-state index contributed by atoms with van der Waals surface area (Å²) in [7, 11) is 1.93. The highest BCUT2D eigenvalue weighted by Crippen LogP contribution is 2.40. The number of nitrogens with one attached hydrogen (secondary N) is 3. The fourth-order valence-corrected chi connectivity index (χ4v) is 5.01. The van der Waals surface area contributed by atoms with Gasteiger partial charge >= 0.3 is 0 Å². The lowest BCUT2D eigenvalue weighted by Crippen LogP contribution is -2.48. The number of piperidine rings is 1. The lowest BCUT2D eigenvalue weighted by atomic mass is 9.99. The molecule has 3 aliphatic rings. The van der Waals surface area contributed by atoms with Gasteiger partial charge in [-0.05, 0) is 61.2 Å². The van der Waals surface area contributed by atoms with E-state index in [0.29, 0.717) is 24.4 Å². The Morgan fingerprint density at radius 2 is 2.06 bits per heavy atom. The van der Waals surface area contributed by atoms with Crippen molar-refractivity contribution in [2.24, 2.45) is 0 Å². The molecule has 7 nitrogen and oxygen atoms in total. The molecular weight excluding hydrogens is 414 g/mol. The number of benzene rings is 2. The molecule has 4 atom stereocenters. The van der Waals surface area contributed by atoms with Crippen LogP contribution in [0.15, 0.2) is 54.9 Å². The highest BCUT2D eigenvalue weighted by molar-refractivity contribution is 5.83. The average Bonchev–Trinajstić information content (AvgIpc) is 3.40. The van der Waals surface area contributed by atoms with Crippen LogP contribution in [0.5, 0.6) is 5.75 Å². The van der Waals surface area contributed by atoms with E-state index < -0.39 is 6.04 Å². The molecule has 0 spiro atoms. The van der Waals surface area contributed by atoms with Crippen LogP contribution in [0.1, 0.15) is 24.8 Å². The topological polar surface area (TPSA) is 89.4 Å². The van der Waals surface area contributed by atoms with Crippen molar-refractivity contribution in [2.45, 2.75) is 49.9 Å². The monoisotopic (exact) mass is 443 g/mol. The molecule has 0 aliphatic carbocycles. The van der Waals surface area contributed by atoms with Gasteiger partial charge in [0.25, 0.3) is 0 Å². The molecule has 0 bridgehead atoms. The minimum Gasteiger partial charge on any atom is -0.439 e. The molecule has 0 radical (unpaired) electrons. The fourth-order valence-electron chi connectivity index (χ4n) is 5.01. The van der Waals surface area contributed by atoms with Gasteiger partial charge in [0.05, 0.1) is 17.8 Å². The van der Waals surface area contributed by atoms with Gasteiger partial charge in [-0.3, -0.25) is 4.79 Å². The summed E-state index contributed by atoms with van der Waals surface area (Å²) in [5.41, 5.74) is 4.16. The zero-order valence-electron chi connectivity index (χ0n) is 18.8. The molecule has 3 heterocycles. The number of nitrogens with zero attached hydrogens (tertiary/aromatic N) is 2. The second kappa shape index (κ2) is 8.89. The van der Waals surface area contributed by atoms with Crippen molar-refractivity contribution in [3.63, 3.8) is 0 Å². The Hall–Kier alpha value is -3.34. The zero-order chi connectivity index (χ0) is 22.9. The maximum Gasteiger partial charge on any atom is 0.238 e. The predicted molar refractivity (Wildman–Crippen MR) is 128 cm³/mol. The first kappa shape index (κ1) is 21.5. The van der Waals surface area contributed by atoms with E-state index in [9.17, 15) is 10.1 Å². The van der Waals surface area contributed by atoms with Gasteiger partial charge in [-0.2, -0.15) is 5.26 Å². The van der Waals surface area contributed by atoms with Crippen LogP contribution in [0, 0.1) is 11.3 Å². The van der Waals surface area contributed by atoms with Crippen LogP contribution in [-0.2, 0) is 11.2 Å². The van der Waals surface area contributed by atoms with Crippen LogP contribution in [0.25, 0.3) is 11.1 Å². The molecule has 7 heteroatoms. The van der Waals surface area contributed by atoms with E-state index in [4.69, 9.17) is 4.74 Å².